The fraction of sp³-hybridized carbons (Fsp3) is 0.158. The van der Waals surface area contributed by atoms with Crippen molar-refractivity contribution in [2.24, 2.45) is 0 Å². The van der Waals surface area contributed by atoms with Crippen LogP contribution >= 0.6 is 0 Å². The van der Waals surface area contributed by atoms with E-state index in [2.05, 4.69) is 12.1 Å². The molecule has 1 N–H and O–H groups in total. The Morgan fingerprint density at radius 3 is 2.52 bits per heavy atom. The zero-order chi connectivity index (χ0) is 16.0. The maximum atomic E-state index is 10.9. The third kappa shape index (κ3) is 2.19. The first-order valence-electron chi connectivity index (χ1n) is 7.61. The van der Waals surface area contributed by atoms with Crippen LogP contribution in [0.5, 0.6) is 0 Å². The van der Waals surface area contributed by atoms with E-state index in [9.17, 15) is 15.2 Å². The van der Waals surface area contributed by atoms with Crippen molar-refractivity contribution in [3.63, 3.8) is 0 Å². The average Bonchev–Trinajstić information content (AvgIpc) is 3.00. The van der Waals surface area contributed by atoms with Gasteiger partial charge in [0.15, 0.2) is 0 Å². The topological polar surface area (TPSA) is 63.4 Å². The highest BCUT2D eigenvalue weighted by Gasteiger charge is 2.20. The summed E-state index contributed by atoms with van der Waals surface area (Å²) in [6, 6.07) is 16.4. The Morgan fingerprint density at radius 1 is 1.00 bits per heavy atom. The van der Waals surface area contributed by atoms with E-state index < -0.39 is 11.0 Å². The lowest BCUT2D eigenvalue weighted by atomic mass is 9.93. The van der Waals surface area contributed by atoms with Gasteiger partial charge in [-0.15, -0.1) is 0 Å². The van der Waals surface area contributed by atoms with Gasteiger partial charge in [0.2, 0.25) is 0 Å². The van der Waals surface area contributed by atoms with Crippen LogP contribution in [-0.2, 0) is 12.8 Å². The normalized spacial score (nSPS) is 14.1. The van der Waals surface area contributed by atoms with E-state index in [0.29, 0.717) is 5.56 Å². The third-order valence-electron chi connectivity index (χ3n) is 4.60. The lowest BCUT2D eigenvalue weighted by Crippen LogP contribution is -2.02. The Balaban J connectivity index is 1.87. The molecule has 0 aliphatic heterocycles. The van der Waals surface area contributed by atoms with E-state index in [-0.39, 0.29) is 5.69 Å². The standard InChI is InChI=1S/C19H15NO3/c21-19(14-4-1-5-15(11-14)20(22)23)17-10-9-13-8-7-12-3-2-6-16(17)18(12)13/h1-6,9-11,19,21H,7-8H2/t19-/m0/s1. The van der Waals surface area contributed by atoms with Crippen molar-refractivity contribution >= 4 is 16.5 Å². The van der Waals surface area contributed by atoms with Gasteiger partial charge >= 0.3 is 0 Å². The molecule has 0 heterocycles. The molecule has 0 fully saturated rings. The van der Waals surface area contributed by atoms with Crippen LogP contribution in [0.3, 0.4) is 0 Å². The second kappa shape index (κ2) is 5.18. The van der Waals surface area contributed by atoms with Crippen LogP contribution in [0.15, 0.2) is 54.6 Å². The largest absolute Gasteiger partial charge is 0.384 e. The third-order valence-corrected chi connectivity index (χ3v) is 4.60. The molecule has 0 unspecified atom stereocenters. The summed E-state index contributed by atoms with van der Waals surface area (Å²) >= 11 is 0. The van der Waals surface area contributed by atoms with Gasteiger partial charge in [0.05, 0.1) is 4.92 Å². The summed E-state index contributed by atoms with van der Waals surface area (Å²) in [5.74, 6) is 0. The zero-order valence-corrected chi connectivity index (χ0v) is 12.4. The molecule has 4 nitrogen and oxygen atoms in total. The molecule has 0 saturated heterocycles. The summed E-state index contributed by atoms with van der Waals surface area (Å²) in [7, 11) is 0. The van der Waals surface area contributed by atoms with Gasteiger partial charge in [-0.05, 0) is 45.9 Å². The van der Waals surface area contributed by atoms with Crippen molar-refractivity contribution in [1.82, 2.24) is 0 Å². The van der Waals surface area contributed by atoms with E-state index >= 15 is 0 Å². The molecule has 1 aliphatic rings. The van der Waals surface area contributed by atoms with Gasteiger partial charge in [-0.3, -0.25) is 10.1 Å². The van der Waals surface area contributed by atoms with Crippen LogP contribution in [0, 0.1) is 10.1 Å². The van der Waals surface area contributed by atoms with Crippen LogP contribution in [0.1, 0.15) is 28.4 Å². The molecule has 1 atom stereocenters. The Kier molecular flexibility index (Phi) is 3.13. The Morgan fingerprint density at radius 2 is 1.74 bits per heavy atom. The number of aliphatic hydroxyl groups is 1. The number of nitrogens with zero attached hydrogens (tertiary/aromatic N) is 1. The molecule has 0 saturated carbocycles. The van der Waals surface area contributed by atoms with Crippen LogP contribution < -0.4 is 0 Å². The lowest BCUT2D eigenvalue weighted by Gasteiger charge is -2.15. The number of nitro groups is 1. The number of aryl methyl sites for hydroxylation is 2. The summed E-state index contributed by atoms with van der Waals surface area (Å²) in [4.78, 5) is 10.5. The number of non-ortho nitro benzene ring substituents is 1. The summed E-state index contributed by atoms with van der Waals surface area (Å²) < 4.78 is 0. The monoisotopic (exact) mass is 305 g/mol. The van der Waals surface area contributed by atoms with Gasteiger partial charge in [-0.2, -0.15) is 0 Å². The number of aliphatic hydroxyl groups excluding tert-OH is 1. The predicted octanol–water partition coefficient (Wildman–Crippen LogP) is 3.93. The number of nitro benzene ring substituents is 1. The number of hydrogen-bond donors (Lipinski definition) is 1. The van der Waals surface area contributed by atoms with Crippen molar-refractivity contribution in [3.05, 3.63) is 87.0 Å². The van der Waals surface area contributed by atoms with Crippen molar-refractivity contribution in [3.8, 4) is 0 Å². The molecule has 0 bridgehead atoms. The van der Waals surface area contributed by atoms with E-state index in [4.69, 9.17) is 0 Å². The molecule has 4 rings (SSSR count). The lowest BCUT2D eigenvalue weighted by molar-refractivity contribution is -0.385. The zero-order valence-electron chi connectivity index (χ0n) is 12.4. The van der Waals surface area contributed by atoms with Gasteiger partial charge < -0.3 is 5.11 Å². The second-order valence-electron chi connectivity index (χ2n) is 5.91. The first-order valence-corrected chi connectivity index (χ1v) is 7.61. The molecule has 3 aromatic rings. The maximum absolute atomic E-state index is 10.9. The summed E-state index contributed by atoms with van der Waals surface area (Å²) in [5, 5.41) is 24.0. The van der Waals surface area contributed by atoms with Crippen LogP contribution in [0.4, 0.5) is 5.69 Å². The Bertz CT molecular complexity index is 923. The second-order valence-corrected chi connectivity index (χ2v) is 5.91. The average molecular weight is 305 g/mol. The summed E-state index contributed by atoms with van der Waals surface area (Å²) in [5.41, 5.74) is 3.95. The number of benzene rings is 3. The van der Waals surface area contributed by atoms with Gasteiger partial charge in [-0.1, -0.05) is 42.5 Å². The highest BCUT2D eigenvalue weighted by atomic mass is 16.6. The molecular formula is C19H15NO3. The molecule has 0 spiro atoms. The molecule has 0 radical (unpaired) electrons. The van der Waals surface area contributed by atoms with Crippen LogP contribution in [0.25, 0.3) is 10.8 Å². The van der Waals surface area contributed by atoms with E-state index in [1.54, 1.807) is 12.1 Å². The number of rotatable bonds is 3. The van der Waals surface area contributed by atoms with Crippen molar-refractivity contribution in [2.75, 3.05) is 0 Å². The fourth-order valence-electron chi connectivity index (χ4n) is 3.50. The summed E-state index contributed by atoms with van der Waals surface area (Å²) in [6.45, 7) is 0. The summed E-state index contributed by atoms with van der Waals surface area (Å²) in [6.07, 6.45) is 1.19. The Labute approximate surface area is 133 Å². The van der Waals surface area contributed by atoms with Crippen molar-refractivity contribution < 1.29 is 10.0 Å². The SMILES string of the molecule is O=[N+]([O-])c1cccc([C@H](O)c2ccc3c4c(cccc24)CC3)c1. The highest BCUT2D eigenvalue weighted by Crippen LogP contribution is 2.37. The molecule has 0 aromatic heterocycles. The minimum absolute atomic E-state index is 0.00696. The van der Waals surface area contributed by atoms with Crippen LogP contribution in [-0.4, -0.2) is 10.0 Å². The molecule has 114 valence electrons. The molecule has 1 aliphatic carbocycles. The van der Waals surface area contributed by atoms with E-state index in [1.807, 2.05) is 18.2 Å². The molecule has 23 heavy (non-hydrogen) atoms. The smallest absolute Gasteiger partial charge is 0.269 e. The quantitative estimate of drug-likeness (QED) is 0.589. The minimum atomic E-state index is -0.875. The molecule has 0 amide bonds. The molecular weight excluding hydrogens is 290 g/mol. The molecule has 4 heteroatoms. The maximum Gasteiger partial charge on any atom is 0.269 e. The Hall–Kier alpha value is -2.72. The van der Waals surface area contributed by atoms with Crippen molar-refractivity contribution in [1.29, 1.82) is 0 Å². The minimum Gasteiger partial charge on any atom is -0.384 e. The van der Waals surface area contributed by atoms with Gasteiger partial charge in [-0.25, -0.2) is 0 Å². The van der Waals surface area contributed by atoms with Gasteiger partial charge in [0, 0.05) is 12.1 Å². The van der Waals surface area contributed by atoms with E-state index in [0.717, 1.165) is 23.8 Å². The van der Waals surface area contributed by atoms with Crippen LogP contribution in [0.2, 0.25) is 0 Å². The fourth-order valence-corrected chi connectivity index (χ4v) is 3.50. The van der Waals surface area contributed by atoms with Crippen molar-refractivity contribution in [2.45, 2.75) is 18.9 Å². The first kappa shape index (κ1) is 13.9. The van der Waals surface area contributed by atoms with Gasteiger partial charge in [0.25, 0.3) is 5.69 Å². The number of hydrogen-bond acceptors (Lipinski definition) is 3. The molecule has 3 aromatic carbocycles. The van der Waals surface area contributed by atoms with Gasteiger partial charge in [0.1, 0.15) is 6.10 Å². The van der Waals surface area contributed by atoms with E-state index in [1.165, 1.54) is 28.6 Å². The predicted molar refractivity (Wildman–Crippen MR) is 88.5 cm³/mol. The first-order chi connectivity index (χ1) is 11.1. The highest BCUT2D eigenvalue weighted by molar-refractivity contribution is 5.93.